The summed E-state index contributed by atoms with van der Waals surface area (Å²) in [6.45, 7) is 1.63. The molecule has 1 aromatic carbocycles. The largest absolute Gasteiger partial charge is 0.381 e. The maximum atomic E-state index is 12.9. The summed E-state index contributed by atoms with van der Waals surface area (Å²) in [7, 11) is 0. The second-order valence-electron chi connectivity index (χ2n) is 3.55. The van der Waals surface area contributed by atoms with Gasteiger partial charge in [0, 0.05) is 17.7 Å². The lowest BCUT2D eigenvalue weighted by atomic mass is 9.92. The molecule has 76 valence electrons. The zero-order valence-electron chi connectivity index (χ0n) is 7.80. The highest BCUT2D eigenvalue weighted by Crippen LogP contribution is 2.32. The van der Waals surface area contributed by atoms with Gasteiger partial charge in [0.15, 0.2) is 0 Å². The molecule has 0 bridgehead atoms. The van der Waals surface area contributed by atoms with Gasteiger partial charge in [0.1, 0.15) is 5.82 Å². The lowest BCUT2D eigenvalue weighted by Gasteiger charge is -2.23. The summed E-state index contributed by atoms with van der Waals surface area (Å²) in [5.74, 6) is 0.325. The van der Waals surface area contributed by atoms with E-state index in [0.29, 0.717) is 5.92 Å². The average molecular weight is 259 g/mol. The van der Waals surface area contributed by atoms with E-state index in [1.807, 2.05) is 6.07 Å². The Morgan fingerprint density at radius 3 is 2.64 bits per heavy atom. The topological polar surface area (TPSA) is 9.23 Å². The van der Waals surface area contributed by atoms with Gasteiger partial charge >= 0.3 is 0 Å². The maximum Gasteiger partial charge on any atom is 0.124 e. The summed E-state index contributed by atoms with van der Waals surface area (Å²) >= 11 is 3.40. The molecule has 0 N–H and O–H groups in total. The van der Waals surface area contributed by atoms with Crippen molar-refractivity contribution < 1.29 is 9.13 Å². The van der Waals surface area contributed by atoms with Gasteiger partial charge in [-0.2, -0.15) is 0 Å². The number of benzene rings is 1. The molecule has 0 radical (unpaired) electrons. The van der Waals surface area contributed by atoms with Gasteiger partial charge in [-0.25, -0.2) is 4.39 Å². The van der Waals surface area contributed by atoms with Crippen molar-refractivity contribution in [2.75, 3.05) is 13.2 Å². The predicted octanol–water partition coefficient (Wildman–Crippen LogP) is 3.48. The third kappa shape index (κ3) is 2.15. The molecule has 0 saturated carbocycles. The summed E-state index contributed by atoms with van der Waals surface area (Å²) in [6, 6.07) is 4.93. The Kier molecular flexibility index (Phi) is 3.19. The molecule has 0 atom stereocenters. The smallest absolute Gasteiger partial charge is 0.124 e. The molecule has 0 unspecified atom stereocenters. The van der Waals surface area contributed by atoms with Crippen molar-refractivity contribution in [3.8, 4) is 0 Å². The Balaban J connectivity index is 2.22. The molecular weight excluding hydrogens is 247 g/mol. The van der Waals surface area contributed by atoms with E-state index in [2.05, 4.69) is 15.9 Å². The highest BCUT2D eigenvalue weighted by Gasteiger charge is 2.18. The summed E-state index contributed by atoms with van der Waals surface area (Å²) in [4.78, 5) is 0. The number of rotatable bonds is 1. The molecule has 3 heteroatoms. The van der Waals surface area contributed by atoms with Crippen LogP contribution in [0.3, 0.4) is 0 Å². The normalized spacial score (nSPS) is 18.4. The molecule has 1 aliphatic rings. The Morgan fingerprint density at radius 2 is 2.00 bits per heavy atom. The number of hydrogen-bond donors (Lipinski definition) is 0. The molecule has 0 spiro atoms. The van der Waals surface area contributed by atoms with Crippen molar-refractivity contribution >= 4 is 15.9 Å². The Bertz CT molecular complexity index is 321. The quantitative estimate of drug-likeness (QED) is 0.750. The molecule has 0 amide bonds. The monoisotopic (exact) mass is 258 g/mol. The minimum atomic E-state index is -0.187. The maximum absolute atomic E-state index is 12.9. The summed E-state index contributed by atoms with van der Waals surface area (Å²) in [5, 5.41) is 0. The Labute approximate surface area is 91.4 Å². The number of hydrogen-bond acceptors (Lipinski definition) is 1. The van der Waals surface area contributed by atoms with E-state index in [9.17, 15) is 4.39 Å². The van der Waals surface area contributed by atoms with Crippen LogP contribution in [0, 0.1) is 5.82 Å². The highest BCUT2D eigenvalue weighted by molar-refractivity contribution is 9.10. The van der Waals surface area contributed by atoms with E-state index >= 15 is 0 Å². The zero-order chi connectivity index (χ0) is 9.97. The molecule has 2 rings (SSSR count). The first kappa shape index (κ1) is 10.1. The van der Waals surface area contributed by atoms with Gasteiger partial charge < -0.3 is 4.74 Å². The average Bonchev–Trinajstić information content (AvgIpc) is 2.19. The molecule has 0 aliphatic carbocycles. The van der Waals surface area contributed by atoms with Gasteiger partial charge in [-0.05, 0) is 36.5 Å². The summed E-state index contributed by atoms with van der Waals surface area (Å²) in [5.41, 5.74) is 1.20. The van der Waals surface area contributed by atoms with Crippen molar-refractivity contribution in [3.05, 3.63) is 34.1 Å². The summed E-state index contributed by atoms with van der Waals surface area (Å²) in [6.07, 6.45) is 2.06. The van der Waals surface area contributed by atoms with Crippen molar-refractivity contribution in [2.45, 2.75) is 18.8 Å². The van der Waals surface area contributed by atoms with Crippen LogP contribution in [0.25, 0.3) is 0 Å². The SMILES string of the molecule is Fc1ccc(C2CCOCC2)c(Br)c1. The zero-order valence-corrected chi connectivity index (χ0v) is 9.39. The van der Waals surface area contributed by atoms with Crippen molar-refractivity contribution in [1.82, 2.24) is 0 Å². The van der Waals surface area contributed by atoms with Gasteiger partial charge in [-0.15, -0.1) is 0 Å². The second-order valence-corrected chi connectivity index (χ2v) is 4.41. The highest BCUT2D eigenvalue weighted by atomic mass is 79.9. The molecular formula is C11H12BrFO. The van der Waals surface area contributed by atoms with Crippen LogP contribution in [-0.2, 0) is 4.74 Å². The van der Waals surface area contributed by atoms with Gasteiger partial charge in [0.2, 0.25) is 0 Å². The van der Waals surface area contributed by atoms with Gasteiger partial charge in [-0.1, -0.05) is 22.0 Å². The van der Waals surface area contributed by atoms with Crippen molar-refractivity contribution in [3.63, 3.8) is 0 Å². The second kappa shape index (κ2) is 4.41. The third-order valence-electron chi connectivity index (χ3n) is 2.62. The van der Waals surface area contributed by atoms with Gasteiger partial charge in [-0.3, -0.25) is 0 Å². The molecule has 1 aromatic rings. The van der Waals surface area contributed by atoms with Crippen LogP contribution in [0.4, 0.5) is 4.39 Å². The van der Waals surface area contributed by atoms with Crippen LogP contribution in [0.1, 0.15) is 24.3 Å². The van der Waals surface area contributed by atoms with E-state index in [0.717, 1.165) is 30.5 Å². The van der Waals surface area contributed by atoms with Crippen LogP contribution in [0.2, 0.25) is 0 Å². The van der Waals surface area contributed by atoms with E-state index < -0.39 is 0 Å². The lowest BCUT2D eigenvalue weighted by Crippen LogP contribution is -2.14. The van der Waals surface area contributed by atoms with E-state index in [4.69, 9.17) is 4.74 Å². The van der Waals surface area contributed by atoms with Crippen LogP contribution in [-0.4, -0.2) is 13.2 Å². The van der Waals surface area contributed by atoms with Gasteiger partial charge in [0.05, 0.1) is 0 Å². The van der Waals surface area contributed by atoms with E-state index in [-0.39, 0.29) is 5.82 Å². The minimum absolute atomic E-state index is 0.187. The Morgan fingerprint density at radius 1 is 1.29 bits per heavy atom. The fourth-order valence-corrected chi connectivity index (χ4v) is 2.52. The lowest BCUT2D eigenvalue weighted by molar-refractivity contribution is 0.0852. The summed E-state index contributed by atoms with van der Waals surface area (Å²) < 4.78 is 19.0. The van der Waals surface area contributed by atoms with Gasteiger partial charge in [0.25, 0.3) is 0 Å². The molecule has 1 nitrogen and oxygen atoms in total. The fourth-order valence-electron chi connectivity index (χ4n) is 1.84. The van der Waals surface area contributed by atoms with Crippen LogP contribution >= 0.6 is 15.9 Å². The fraction of sp³-hybridized carbons (Fsp3) is 0.455. The Hall–Kier alpha value is -0.410. The molecule has 1 heterocycles. The third-order valence-corrected chi connectivity index (χ3v) is 3.31. The molecule has 14 heavy (non-hydrogen) atoms. The van der Waals surface area contributed by atoms with Crippen LogP contribution < -0.4 is 0 Å². The molecule has 0 aromatic heterocycles. The van der Waals surface area contributed by atoms with Crippen molar-refractivity contribution in [1.29, 1.82) is 0 Å². The molecule has 1 fully saturated rings. The van der Waals surface area contributed by atoms with Crippen molar-refractivity contribution in [2.24, 2.45) is 0 Å². The first-order chi connectivity index (χ1) is 6.77. The van der Waals surface area contributed by atoms with E-state index in [1.165, 1.54) is 17.7 Å². The standard InChI is InChI=1S/C11H12BrFO/c12-11-7-9(13)1-2-10(11)8-3-5-14-6-4-8/h1-2,7-8H,3-6H2. The van der Waals surface area contributed by atoms with Crippen LogP contribution in [0.5, 0.6) is 0 Å². The predicted molar refractivity (Wildman–Crippen MR) is 56.9 cm³/mol. The first-order valence-electron chi connectivity index (χ1n) is 4.80. The molecule has 1 aliphatic heterocycles. The number of ether oxygens (including phenoxy) is 1. The minimum Gasteiger partial charge on any atom is -0.381 e. The number of halogens is 2. The van der Waals surface area contributed by atoms with E-state index in [1.54, 1.807) is 0 Å². The van der Waals surface area contributed by atoms with Crippen LogP contribution in [0.15, 0.2) is 22.7 Å². The molecule has 1 saturated heterocycles. The first-order valence-corrected chi connectivity index (χ1v) is 5.59.